The second-order valence-electron chi connectivity index (χ2n) is 5.65. The normalized spacial score (nSPS) is 15.1. The molecule has 1 fully saturated rings. The number of nitrogens with one attached hydrogen (secondary N) is 1. The standard InChI is InChI=1S/C17H18N2O4S/c1-18-24(22,23)13-10-19(11-13)17(21)15-9-5-8-14(16(15)20)12-6-3-2-4-7-12/h2-9,13,18,20H,10-11H2,1H3. The zero-order valence-electron chi connectivity index (χ0n) is 13.1. The van der Waals surface area contributed by atoms with E-state index in [1.54, 1.807) is 18.2 Å². The molecule has 1 heterocycles. The van der Waals surface area contributed by atoms with Crippen LogP contribution in [0, 0.1) is 0 Å². The molecule has 126 valence electrons. The lowest BCUT2D eigenvalue weighted by atomic mass is 10.00. The molecule has 0 spiro atoms. The van der Waals surface area contributed by atoms with Crippen LogP contribution in [0.3, 0.4) is 0 Å². The SMILES string of the molecule is CNS(=O)(=O)C1CN(C(=O)c2cccc(-c3ccccc3)c2O)C1. The molecule has 2 N–H and O–H groups in total. The lowest BCUT2D eigenvalue weighted by molar-refractivity contribution is 0.0655. The summed E-state index contributed by atoms with van der Waals surface area (Å²) in [5.41, 5.74) is 1.56. The third-order valence-corrected chi connectivity index (χ3v) is 5.95. The zero-order chi connectivity index (χ0) is 17.3. The van der Waals surface area contributed by atoms with E-state index in [1.807, 2.05) is 30.3 Å². The molecule has 0 aromatic heterocycles. The van der Waals surface area contributed by atoms with Crippen LogP contribution in [-0.4, -0.2) is 49.7 Å². The smallest absolute Gasteiger partial charge is 0.257 e. The molecular formula is C17H18N2O4S. The molecule has 7 heteroatoms. The van der Waals surface area contributed by atoms with Gasteiger partial charge in [0.15, 0.2) is 0 Å². The summed E-state index contributed by atoms with van der Waals surface area (Å²) < 4.78 is 25.7. The molecule has 1 saturated heterocycles. The molecule has 1 aliphatic heterocycles. The van der Waals surface area contributed by atoms with Crippen LogP contribution >= 0.6 is 0 Å². The van der Waals surface area contributed by atoms with Gasteiger partial charge in [-0.1, -0.05) is 42.5 Å². The van der Waals surface area contributed by atoms with Gasteiger partial charge in [0.2, 0.25) is 10.0 Å². The molecule has 2 aromatic rings. The van der Waals surface area contributed by atoms with Gasteiger partial charge in [0, 0.05) is 18.7 Å². The predicted molar refractivity (Wildman–Crippen MR) is 91.2 cm³/mol. The average Bonchev–Trinajstić information content (AvgIpc) is 2.54. The Morgan fingerprint density at radius 1 is 1.12 bits per heavy atom. The summed E-state index contributed by atoms with van der Waals surface area (Å²) in [5.74, 6) is -0.457. The van der Waals surface area contributed by atoms with E-state index in [-0.39, 0.29) is 30.3 Å². The fourth-order valence-corrected chi connectivity index (χ4v) is 3.79. The van der Waals surface area contributed by atoms with Gasteiger partial charge in [0.05, 0.1) is 5.56 Å². The Balaban J connectivity index is 1.83. The van der Waals surface area contributed by atoms with Gasteiger partial charge in [-0.05, 0) is 18.7 Å². The number of hydrogen-bond acceptors (Lipinski definition) is 4. The molecule has 6 nitrogen and oxygen atoms in total. The summed E-state index contributed by atoms with van der Waals surface area (Å²) in [6.45, 7) is 0.244. The summed E-state index contributed by atoms with van der Waals surface area (Å²) in [6, 6.07) is 14.3. The fourth-order valence-electron chi connectivity index (χ4n) is 2.70. The number of carbonyl (C=O) groups is 1. The van der Waals surface area contributed by atoms with Crippen molar-refractivity contribution in [2.24, 2.45) is 0 Å². The van der Waals surface area contributed by atoms with E-state index in [0.717, 1.165) is 5.56 Å². The van der Waals surface area contributed by atoms with E-state index in [4.69, 9.17) is 0 Å². The maximum absolute atomic E-state index is 12.5. The van der Waals surface area contributed by atoms with Crippen molar-refractivity contribution < 1.29 is 18.3 Å². The molecule has 0 unspecified atom stereocenters. The number of likely N-dealkylation sites (tertiary alicyclic amines) is 1. The van der Waals surface area contributed by atoms with Gasteiger partial charge in [0.25, 0.3) is 5.91 Å². The molecule has 1 aliphatic rings. The second kappa shape index (κ2) is 6.26. The highest BCUT2D eigenvalue weighted by Gasteiger charge is 2.39. The van der Waals surface area contributed by atoms with Gasteiger partial charge >= 0.3 is 0 Å². The summed E-state index contributed by atoms with van der Waals surface area (Å²) in [7, 11) is -2.02. The number of aromatic hydroxyl groups is 1. The number of amides is 1. The number of para-hydroxylation sites is 1. The highest BCUT2D eigenvalue weighted by molar-refractivity contribution is 7.90. The first-order valence-corrected chi connectivity index (χ1v) is 9.07. The first kappa shape index (κ1) is 16.5. The lowest BCUT2D eigenvalue weighted by Gasteiger charge is -2.38. The lowest BCUT2D eigenvalue weighted by Crippen LogP contribution is -2.58. The van der Waals surface area contributed by atoms with Crippen molar-refractivity contribution in [1.29, 1.82) is 0 Å². The van der Waals surface area contributed by atoms with Gasteiger partial charge < -0.3 is 10.0 Å². The Hall–Kier alpha value is -2.38. The van der Waals surface area contributed by atoms with E-state index in [1.165, 1.54) is 11.9 Å². The third-order valence-electron chi connectivity index (χ3n) is 4.21. The van der Waals surface area contributed by atoms with Crippen LogP contribution in [0.5, 0.6) is 5.75 Å². The van der Waals surface area contributed by atoms with Crippen LogP contribution in [-0.2, 0) is 10.0 Å². The Morgan fingerprint density at radius 2 is 1.79 bits per heavy atom. The number of carbonyl (C=O) groups excluding carboxylic acids is 1. The Kier molecular flexibility index (Phi) is 4.29. The second-order valence-corrected chi connectivity index (χ2v) is 7.81. The molecule has 24 heavy (non-hydrogen) atoms. The van der Waals surface area contributed by atoms with Crippen molar-refractivity contribution in [3.8, 4) is 16.9 Å². The summed E-state index contributed by atoms with van der Waals surface area (Å²) in [4.78, 5) is 14.0. The minimum absolute atomic E-state index is 0.0892. The highest BCUT2D eigenvalue weighted by atomic mass is 32.2. The molecule has 2 aromatic carbocycles. The van der Waals surface area contributed by atoms with Crippen molar-refractivity contribution in [3.05, 3.63) is 54.1 Å². The fraction of sp³-hybridized carbons (Fsp3) is 0.235. The van der Waals surface area contributed by atoms with E-state index in [9.17, 15) is 18.3 Å². The number of phenolic OH excluding ortho intramolecular Hbond substituents is 1. The zero-order valence-corrected chi connectivity index (χ0v) is 14.0. The van der Waals surface area contributed by atoms with Crippen LogP contribution in [0.25, 0.3) is 11.1 Å². The third kappa shape index (κ3) is 2.88. The number of nitrogens with zero attached hydrogens (tertiary/aromatic N) is 1. The van der Waals surface area contributed by atoms with Crippen LogP contribution in [0.2, 0.25) is 0 Å². The molecule has 1 amide bonds. The Morgan fingerprint density at radius 3 is 2.42 bits per heavy atom. The van der Waals surface area contributed by atoms with Crippen molar-refractivity contribution in [1.82, 2.24) is 9.62 Å². The number of hydrogen-bond donors (Lipinski definition) is 2. The van der Waals surface area contributed by atoms with Gasteiger partial charge in [-0.15, -0.1) is 0 Å². The quantitative estimate of drug-likeness (QED) is 0.877. The summed E-state index contributed by atoms with van der Waals surface area (Å²) >= 11 is 0. The molecule has 0 radical (unpaired) electrons. The number of phenols is 1. The minimum atomic E-state index is -3.38. The van der Waals surface area contributed by atoms with Crippen molar-refractivity contribution in [2.75, 3.05) is 20.1 Å². The van der Waals surface area contributed by atoms with Crippen molar-refractivity contribution >= 4 is 15.9 Å². The maximum Gasteiger partial charge on any atom is 0.257 e. The van der Waals surface area contributed by atoms with Crippen molar-refractivity contribution in [3.63, 3.8) is 0 Å². The van der Waals surface area contributed by atoms with Crippen LogP contribution in [0.1, 0.15) is 10.4 Å². The Labute approximate surface area is 140 Å². The maximum atomic E-state index is 12.5. The molecule has 0 saturated carbocycles. The van der Waals surface area contributed by atoms with Gasteiger partial charge in [-0.2, -0.15) is 0 Å². The largest absolute Gasteiger partial charge is 0.506 e. The van der Waals surface area contributed by atoms with Crippen LogP contribution in [0.4, 0.5) is 0 Å². The van der Waals surface area contributed by atoms with Crippen LogP contribution in [0.15, 0.2) is 48.5 Å². The molecular weight excluding hydrogens is 328 g/mol. The molecule has 0 atom stereocenters. The van der Waals surface area contributed by atoms with E-state index >= 15 is 0 Å². The van der Waals surface area contributed by atoms with Gasteiger partial charge in [0.1, 0.15) is 11.0 Å². The Bertz CT molecular complexity index is 859. The van der Waals surface area contributed by atoms with Crippen LogP contribution < -0.4 is 4.72 Å². The highest BCUT2D eigenvalue weighted by Crippen LogP contribution is 2.33. The first-order valence-electron chi connectivity index (χ1n) is 7.53. The summed E-state index contributed by atoms with van der Waals surface area (Å²) in [5, 5.41) is 9.87. The minimum Gasteiger partial charge on any atom is -0.506 e. The number of sulfonamides is 1. The molecule has 3 rings (SSSR count). The molecule has 0 bridgehead atoms. The van der Waals surface area contributed by atoms with Gasteiger partial charge in [-0.25, -0.2) is 13.1 Å². The number of benzene rings is 2. The monoisotopic (exact) mass is 346 g/mol. The van der Waals surface area contributed by atoms with E-state index in [0.29, 0.717) is 5.56 Å². The number of rotatable bonds is 4. The van der Waals surface area contributed by atoms with Crippen molar-refractivity contribution in [2.45, 2.75) is 5.25 Å². The topological polar surface area (TPSA) is 86.7 Å². The van der Waals surface area contributed by atoms with Gasteiger partial charge in [-0.3, -0.25) is 4.79 Å². The van der Waals surface area contributed by atoms with E-state index < -0.39 is 15.3 Å². The summed E-state index contributed by atoms with van der Waals surface area (Å²) in [6.07, 6.45) is 0. The average molecular weight is 346 g/mol. The predicted octanol–water partition coefficient (Wildman–Crippen LogP) is 1.43. The van der Waals surface area contributed by atoms with E-state index in [2.05, 4.69) is 4.72 Å². The molecule has 0 aliphatic carbocycles. The first-order chi connectivity index (χ1) is 11.4.